The number of carbonyl (C=O) groups is 3. The average molecular weight is 440 g/mol. The second-order valence-corrected chi connectivity index (χ2v) is 8.04. The van der Waals surface area contributed by atoms with Crippen molar-refractivity contribution in [1.29, 1.82) is 0 Å². The first-order chi connectivity index (χ1) is 15.4. The summed E-state index contributed by atoms with van der Waals surface area (Å²) in [5.41, 5.74) is 3.11. The molecule has 0 bridgehead atoms. The van der Waals surface area contributed by atoms with Crippen LogP contribution in [0.1, 0.15) is 57.1 Å². The van der Waals surface area contributed by atoms with E-state index in [0.717, 1.165) is 25.7 Å². The number of aryl methyl sites for hydroxylation is 2. The topological polar surface area (TPSA) is 108 Å². The summed E-state index contributed by atoms with van der Waals surface area (Å²) >= 11 is 0. The van der Waals surface area contributed by atoms with Gasteiger partial charge in [0.25, 0.3) is 0 Å². The predicted molar refractivity (Wildman–Crippen MR) is 124 cm³/mol. The Bertz CT molecular complexity index is 869. The fourth-order valence-corrected chi connectivity index (χ4v) is 3.50. The van der Waals surface area contributed by atoms with Crippen molar-refractivity contribution < 1.29 is 19.5 Å². The largest absolute Gasteiger partial charge is 0.481 e. The Morgan fingerprint density at radius 2 is 1.56 bits per heavy atom. The minimum atomic E-state index is -0.933. The van der Waals surface area contributed by atoms with Crippen LogP contribution in [-0.4, -0.2) is 33.9 Å². The fourth-order valence-electron chi connectivity index (χ4n) is 3.50. The molecule has 7 nitrogen and oxygen atoms in total. The van der Waals surface area contributed by atoms with E-state index in [9.17, 15) is 14.4 Å². The van der Waals surface area contributed by atoms with Gasteiger partial charge in [0.2, 0.25) is 11.8 Å². The van der Waals surface area contributed by atoms with Gasteiger partial charge < -0.3 is 15.7 Å². The number of rotatable bonds is 13. The Labute approximate surface area is 189 Å². The molecule has 1 aromatic carbocycles. The zero-order valence-electron chi connectivity index (χ0n) is 18.8. The molecule has 0 saturated carbocycles. The van der Waals surface area contributed by atoms with Gasteiger partial charge in [0.15, 0.2) is 0 Å². The highest BCUT2D eigenvalue weighted by Gasteiger charge is 2.23. The van der Waals surface area contributed by atoms with E-state index in [-0.39, 0.29) is 24.7 Å². The van der Waals surface area contributed by atoms with Gasteiger partial charge in [0.05, 0.1) is 0 Å². The molecule has 3 N–H and O–H groups in total. The lowest BCUT2D eigenvalue weighted by Gasteiger charge is -2.20. The molecule has 0 aliphatic rings. The third kappa shape index (κ3) is 8.88. The molecule has 7 heteroatoms. The van der Waals surface area contributed by atoms with Crippen molar-refractivity contribution in [3.63, 3.8) is 0 Å². The van der Waals surface area contributed by atoms with Gasteiger partial charge >= 0.3 is 5.97 Å². The van der Waals surface area contributed by atoms with Crippen LogP contribution in [0.4, 0.5) is 5.69 Å². The number of aromatic nitrogens is 1. The van der Waals surface area contributed by atoms with E-state index in [1.54, 1.807) is 31.5 Å². The van der Waals surface area contributed by atoms with Crippen LogP contribution in [0.2, 0.25) is 0 Å². The molecule has 0 saturated heterocycles. The van der Waals surface area contributed by atoms with Gasteiger partial charge in [-0.2, -0.15) is 0 Å². The van der Waals surface area contributed by atoms with Crippen LogP contribution in [-0.2, 0) is 27.2 Å². The summed E-state index contributed by atoms with van der Waals surface area (Å²) in [7, 11) is 0. The number of nitrogens with one attached hydrogen (secondary N) is 2. The first-order valence-corrected chi connectivity index (χ1v) is 11.2. The van der Waals surface area contributed by atoms with E-state index in [1.807, 2.05) is 0 Å². The van der Waals surface area contributed by atoms with Crippen LogP contribution in [0, 0.1) is 5.92 Å². The van der Waals surface area contributed by atoms with Crippen molar-refractivity contribution in [2.24, 2.45) is 5.92 Å². The number of carboxylic acids is 1. The summed E-state index contributed by atoms with van der Waals surface area (Å²) in [5.74, 6) is -2.02. The molecule has 2 aromatic rings. The maximum absolute atomic E-state index is 12.8. The van der Waals surface area contributed by atoms with Crippen molar-refractivity contribution in [2.75, 3.05) is 5.32 Å². The molecule has 0 spiro atoms. The molecule has 32 heavy (non-hydrogen) atoms. The lowest BCUT2D eigenvalue weighted by atomic mass is 9.93. The highest BCUT2D eigenvalue weighted by molar-refractivity contribution is 5.97. The van der Waals surface area contributed by atoms with E-state index in [4.69, 9.17) is 5.11 Å². The minimum Gasteiger partial charge on any atom is -0.481 e. The Morgan fingerprint density at radius 3 is 2.16 bits per heavy atom. The molecular formula is C25H33N3O4. The lowest BCUT2D eigenvalue weighted by Crippen LogP contribution is -2.44. The molecule has 0 aliphatic heterocycles. The summed E-state index contributed by atoms with van der Waals surface area (Å²) in [6.45, 7) is 3.76. The Morgan fingerprint density at radius 1 is 0.938 bits per heavy atom. The number of pyridine rings is 1. The van der Waals surface area contributed by atoms with Crippen LogP contribution in [0.3, 0.4) is 0 Å². The lowest BCUT2D eigenvalue weighted by molar-refractivity contribution is -0.137. The number of carbonyl (C=O) groups excluding carboxylic acids is 2. The maximum Gasteiger partial charge on any atom is 0.303 e. The van der Waals surface area contributed by atoms with Gasteiger partial charge in [-0.05, 0) is 62.3 Å². The number of anilines is 1. The summed E-state index contributed by atoms with van der Waals surface area (Å²) in [4.78, 5) is 40.1. The van der Waals surface area contributed by atoms with E-state index in [1.165, 1.54) is 11.1 Å². The maximum atomic E-state index is 12.8. The second kappa shape index (κ2) is 13.2. The number of amides is 2. The first kappa shape index (κ1) is 25.0. The Balaban J connectivity index is 1.89. The van der Waals surface area contributed by atoms with Crippen LogP contribution in [0.15, 0.2) is 48.8 Å². The third-order valence-electron chi connectivity index (χ3n) is 5.36. The smallest absolute Gasteiger partial charge is 0.303 e. The molecule has 2 atom stereocenters. The molecule has 0 radical (unpaired) electrons. The fraction of sp³-hybridized carbons (Fsp3) is 0.440. The number of aliphatic carboxylic acids is 1. The quantitative estimate of drug-likeness (QED) is 0.437. The Kier molecular flexibility index (Phi) is 10.4. The van der Waals surface area contributed by atoms with Gasteiger partial charge in [-0.3, -0.25) is 19.4 Å². The number of hydrogen-bond acceptors (Lipinski definition) is 4. The summed E-state index contributed by atoms with van der Waals surface area (Å²) in [5, 5.41) is 14.5. The first-order valence-electron chi connectivity index (χ1n) is 11.2. The van der Waals surface area contributed by atoms with Crippen LogP contribution >= 0.6 is 0 Å². The van der Waals surface area contributed by atoms with E-state index >= 15 is 0 Å². The van der Waals surface area contributed by atoms with E-state index in [2.05, 4.69) is 46.8 Å². The van der Waals surface area contributed by atoms with Crippen molar-refractivity contribution in [3.8, 4) is 0 Å². The number of nitrogens with zero attached hydrogens (tertiary/aromatic N) is 1. The number of benzene rings is 1. The van der Waals surface area contributed by atoms with Crippen molar-refractivity contribution in [3.05, 3.63) is 59.9 Å². The third-order valence-corrected chi connectivity index (χ3v) is 5.36. The predicted octanol–water partition coefficient (Wildman–Crippen LogP) is 3.98. The summed E-state index contributed by atoms with van der Waals surface area (Å²) < 4.78 is 0. The molecule has 0 fully saturated rings. The van der Waals surface area contributed by atoms with Crippen molar-refractivity contribution in [2.45, 2.75) is 64.8 Å². The highest BCUT2D eigenvalue weighted by Crippen LogP contribution is 2.18. The zero-order chi connectivity index (χ0) is 23.3. The van der Waals surface area contributed by atoms with Crippen molar-refractivity contribution >= 4 is 23.5 Å². The highest BCUT2D eigenvalue weighted by atomic mass is 16.4. The van der Waals surface area contributed by atoms with Gasteiger partial charge in [0.1, 0.15) is 6.04 Å². The number of carboxylic acid groups (broad SMARTS) is 1. The van der Waals surface area contributed by atoms with Gasteiger partial charge in [-0.25, -0.2) is 0 Å². The zero-order valence-corrected chi connectivity index (χ0v) is 18.8. The second-order valence-electron chi connectivity index (χ2n) is 8.04. The van der Waals surface area contributed by atoms with Crippen molar-refractivity contribution in [1.82, 2.24) is 10.3 Å². The van der Waals surface area contributed by atoms with E-state index in [0.29, 0.717) is 12.1 Å². The summed E-state index contributed by atoms with van der Waals surface area (Å²) in [6.07, 6.45) is 7.62. The monoisotopic (exact) mass is 439 g/mol. The van der Waals surface area contributed by atoms with Gasteiger partial charge in [-0.1, -0.05) is 37.6 Å². The minimum absolute atomic E-state index is 0.0820. The standard InChI is InChI=1S/C25H33N3O4/c1-3-5-19-8-10-20(11-9-19)6-4-7-21(12-13-23(29)30)25(32)27-18(2)24(31)28-22-14-16-26-17-15-22/h8-11,14-18,21H,3-7,12-13H2,1-2H3,(H,27,32)(H,29,30)(H,26,28,31)/t18?,21-/m1/s1. The number of hydrogen-bond donors (Lipinski definition) is 3. The molecule has 2 rings (SSSR count). The molecule has 2 amide bonds. The molecule has 172 valence electrons. The molecule has 0 aliphatic carbocycles. The molecular weight excluding hydrogens is 406 g/mol. The Hall–Kier alpha value is -3.22. The SMILES string of the molecule is CCCc1ccc(CCC[C@H](CCC(=O)O)C(=O)NC(C)C(=O)Nc2ccncc2)cc1. The van der Waals surface area contributed by atoms with Gasteiger partial charge in [0, 0.05) is 30.4 Å². The summed E-state index contributed by atoms with van der Waals surface area (Å²) in [6, 6.07) is 11.1. The van der Waals surface area contributed by atoms with Crippen LogP contribution < -0.4 is 10.6 Å². The van der Waals surface area contributed by atoms with E-state index < -0.39 is 17.9 Å². The normalized spacial score (nSPS) is 12.6. The molecule has 1 heterocycles. The van der Waals surface area contributed by atoms with Crippen LogP contribution in [0.5, 0.6) is 0 Å². The van der Waals surface area contributed by atoms with Gasteiger partial charge in [-0.15, -0.1) is 0 Å². The average Bonchev–Trinajstić information content (AvgIpc) is 2.77. The molecule has 1 aromatic heterocycles. The van der Waals surface area contributed by atoms with Crippen LogP contribution in [0.25, 0.3) is 0 Å². The molecule has 1 unspecified atom stereocenters.